The van der Waals surface area contributed by atoms with E-state index in [0.717, 1.165) is 11.4 Å². The fourth-order valence-electron chi connectivity index (χ4n) is 3.00. The molecule has 1 aromatic heterocycles. The molecule has 1 fully saturated rings. The number of rotatable bonds is 4. The Labute approximate surface area is 134 Å². The van der Waals surface area contributed by atoms with Crippen LogP contribution in [0.15, 0.2) is 36.5 Å². The van der Waals surface area contributed by atoms with Crippen LogP contribution in [0.2, 0.25) is 0 Å². The third kappa shape index (κ3) is 3.26. The molecule has 0 spiro atoms. The molecule has 0 radical (unpaired) electrons. The fraction of sp³-hybridized carbons (Fsp3) is 0.353. The summed E-state index contributed by atoms with van der Waals surface area (Å²) in [6, 6.07) is 9.08. The van der Waals surface area contributed by atoms with Crippen molar-refractivity contribution in [3.8, 4) is 5.69 Å². The maximum absolute atomic E-state index is 12.3. The summed E-state index contributed by atoms with van der Waals surface area (Å²) in [6.45, 7) is 1.96. The maximum Gasteiger partial charge on any atom is 0.306 e. The third-order valence-electron chi connectivity index (χ3n) is 4.32. The molecule has 120 valence electrons. The van der Waals surface area contributed by atoms with E-state index in [1.807, 2.05) is 25.1 Å². The van der Waals surface area contributed by atoms with Crippen LogP contribution in [0.4, 0.5) is 0 Å². The summed E-state index contributed by atoms with van der Waals surface area (Å²) in [5.74, 6) is -1.28. The Morgan fingerprint density at radius 1 is 1.22 bits per heavy atom. The van der Waals surface area contributed by atoms with Gasteiger partial charge in [-0.3, -0.25) is 9.59 Å². The second-order valence-electron chi connectivity index (χ2n) is 5.95. The van der Waals surface area contributed by atoms with Crippen LogP contribution in [0, 0.1) is 12.8 Å². The highest BCUT2D eigenvalue weighted by atomic mass is 16.4. The van der Waals surface area contributed by atoms with E-state index in [1.165, 1.54) is 0 Å². The number of hydrogen-bond donors (Lipinski definition) is 2. The number of nitrogens with one attached hydrogen (secondary N) is 1. The first-order valence-corrected chi connectivity index (χ1v) is 7.69. The van der Waals surface area contributed by atoms with Crippen LogP contribution in [0.5, 0.6) is 0 Å². The van der Waals surface area contributed by atoms with Crippen molar-refractivity contribution >= 4 is 11.9 Å². The van der Waals surface area contributed by atoms with Crippen LogP contribution >= 0.6 is 0 Å². The molecule has 0 aliphatic heterocycles. The van der Waals surface area contributed by atoms with Crippen LogP contribution in [0.25, 0.3) is 5.69 Å². The smallest absolute Gasteiger partial charge is 0.306 e. The summed E-state index contributed by atoms with van der Waals surface area (Å²) in [7, 11) is 0. The van der Waals surface area contributed by atoms with Crippen molar-refractivity contribution in [3.63, 3.8) is 0 Å². The molecule has 1 amide bonds. The molecule has 0 saturated heterocycles. The van der Waals surface area contributed by atoms with Crippen LogP contribution in [0.3, 0.4) is 0 Å². The van der Waals surface area contributed by atoms with Crippen molar-refractivity contribution in [2.24, 2.45) is 5.92 Å². The molecule has 1 aliphatic rings. The van der Waals surface area contributed by atoms with Crippen molar-refractivity contribution in [2.45, 2.75) is 32.2 Å². The highest BCUT2D eigenvalue weighted by Crippen LogP contribution is 2.26. The number of aliphatic carboxylic acids is 1. The van der Waals surface area contributed by atoms with Gasteiger partial charge in [0.25, 0.3) is 5.91 Å². The molecule has 0 unspecified atom stereocenters. The van der Waals surface area contributed by atoms with Gasteiger partial charge in [0.2, 0.25) is 0 Å². The normalized spacial score (nSPS) is 20.4. The van der Waals surface area contributed by atoms with E-state index in [0.29, 0.717) is 24.8 Å². The molecular weight excluding hydrogens is 294 g/mol. The number of amides is 1. The van der Waals surface area contributed by atoms with Gasteiger partial charge >= 0.3 is 5.97 Å². The van der Waals surface area contributed by atoms with Crippen LogP contribution < -0.4 is 5.32 Å². The Morgan fingerprint density at radius 2 is 1.96 bits per heavy atom. The summed E-state index contributed by atoms with van der Waals surface area (Å²) in [5.41, 5.74) is 2.49. The number of benzene rings is 1. The minimum absolute atomic E-state index is 0.0587. The molecule has 1 saturated carbocycles. The number of hydrogen-bond acceptors (Lipinski definition) is 3. The Hall–Kier alpha value is -2.63. The lowest BCUT2D eigenvalue weighted by Gasteiger charge is -2.13. The number of carbonyl (C=O) groups excluding carboxylic acids is 1. The zero-order valence-corrected chi connectivity index (χ0v) is 12.9. The zero-order chi connectivity index (χ0) is 16.4. The molecule has 1 aromatic carbocycles. The van der Waals surface area contributed by atoms with Crippen molar-refractivity contribution < 1.29 is 14.7 Å². The molecule has 6 nitrogen and oxygen atoms in total. The minimum atomic E-state index is -0.777. The topological polar surface area (TPSA) is 84.2 Å². The number of carbonyl (C=O) groups is 2. The first kappa shape index (κ1) is 15.3. The van der Waals surface area contributed by atoms with Gasteiger partial charge in [-0.2, -0.15) is 5.10 Å². The number of aryl methyl sites for hydroxylation is 1. The Morgan fingerprint density at radius 3 is 2.52 bits per heavy atom. The summed E-state index contributed by atoms with van der Waals surface area (Å²) in [4.78, 5) is 23.2. The van der Waals surface area contributed by atoms with Crippen LogP contribution in [0.1, 0.15) is 35.3 Å². The lowest BCUT2D eigenvalue weighted by Crippen LogP contribution is -2.33. The fourth-order valence-corrected chi connectivity index (χ4v) is 3.00. The SMILES string of the molecule is Cc1ccnn1-c1ccc(C(=O)N[C@H]2CC[C@@H](C(=O)O)C2)cc1. The van der Waals surface area contributed by atoms with E-state index in [1.54, 1.807) is 23.0 Å². The Balaban J connectivity index is 1.65. The monoisotopic (exact) mass is 313 g/mol. The third-order valence-corrected chi connectivity index (χ3v) is 4.32. The number of nitrogens with zero attached hydrogens (tertiary/aromatic N) is 2. The summed E-state index contributed by atoms with van der Waals surface area (Å²) in [5, 5.41) is 16.2. The molecule has 2 aromatic rings. The van der Waals surface area contributed by atoms with Crippen LogP contribution in [-0.4, -0.2) is 32.8 Å². The number of carboxylic acids is 1. The largest absolute Gasteiger partial charge is 0.481 e. The van der Waals surface area contributed by atoms with Gasteiger partial charge in [-0.15, -0.1) is 0 Å². The Kier molecular flexibility index (Phi) is 4.14. The number of aromatic nitrogens is 2. The second kappa shape index (κ2) is 6.24. The average Bonchev–Trinajstić information content (AvgIpc) is 3.16. The van der Waals surface area contributed by atoms with Gasteiger partial charge in [0.05, 0.1) is 11.6 Å². The van der Waals surface area contributed by atoms with Gasteiger partial charge in [-0.1, -0.05) is 0 Å². The van der Waals surface area contributed by atoms with Crippen molar-refractivity contribution in [1.82, 2.24) is 15.1 Å². The van der Waals surface area contributed by atoms with Gasteiger partial charge in [0.1, 0.15) is 0 Å². The van der Waals surface area contributed by atoms with E-state index >= 15 is 0 Å². The Bertz CT molecular complexity index is 721. The summed E-state index contributed by atoms with van der Waals surface area (Å²) in [6.07, 6.45) is 3.58. The molecular formula is C17H19N3O3. The van der Waals surface area contributed by atoms with E-state index in [2.05, 4.69) is 10.4 Å². The molecule has 0 bridgehead atoms. The molecule has 1 aliphatic carbocycles. The first-order valence-electron chi connectivity index (χ1n) is 7.69. The van der Waals surface area contributed by atoms with Gasteiger partial charge in [0, 0.05) is 23.5 Å². The van der Waals surface area contributed by atoms with Gasteiger partial charge in [-0.25, -0.2) is 4.68 Å². The predicted octanol–water partition coefficient (Wildman–Crippen LogP) is 2.16. The van der Waals surface area contributed by atoms with Gasteiger partial charge in [0.15, 0.2) is 0 Å². The predicted molar refractivity (Wildman–Crippen MR) is 84.5 cm³/mol. The molecule has 23 heavy (non-hydrogen) atoms. The molecule has 3 rings (SSSR count). The van der Waals surface area contributed by atoms with E-state index in [9.17, 15) is 9.59 Å². The van der Waals surface area contributed by atoms with E-state index in [-0.39, 0.29) is 17.9 Å². The molecule has 1 heterocycles. The second-order valence-corrected chi connectivity index (χ2v) is 5.95. The van der Waals surface area contributed by atoms with Crippen molar-refractivity contribution in [1.29, 1.82) is 0 Å². The first-order chi connectivity index (χ1) is 11.0. The van der Waals surface area contributed by atoms with Crippen molar-refractivity contribution in [3.05, 3.63) is 47.8 Å². The maximum atomic E-state index is 12.3. The minimum Gasteiger partial charge on any atom is -0.481 e. The average molecular weight is 313 g/mol. The zero-order valence-electron chi connectivity index (χ0n) is 12.9. The lowest BCUT2D eigenvalue weighted by molar-refractivity contribution is -0.141. The number of carboxylic acid groups (broad SMARTS) is 1. The quantitative estimate of drug-likeness (QED) is 0.906. The molecule has 2 N–H and O–H groups in total. The van der Waals surface area contributed by atoms with E-state index in [4.69, 9.17) is 5.11 Å². The highest BCUT2D eigenvalue weighted by Gasteiger charge is 2.30. The van der Waals surface area contributed by atoms with Gasteiger partial charge < -0.3 is 10.4 Å². The van der Waals surface area contributed by atoms with E-state index < -0.39 is 5.97 Å². The lowest BCUT2D eigenvalue weighted by atomic mass is 10.1. The molecule has 2 atom stereocenters. The molecule has 6 heteroatoms. The standard InChI is InChI=1S/C17H19N3O3/c1-11-8-9-18-20(11)15-6-3-12(4-7-15)16(21)19-14-5-2-13(10-14)17(22)23/h3-4,6-9,13-14H,2,5,10H2,1H3,(H,19,21)(H,22,23)/t13-,14+/m1/s1. The summed E-state index contributed by atoms with van der Waals surface area (Å²) >= 11 is 0. The summed E-state index contributed by atoms with van der Waals surface area (Å²) < 4.78 is 1.80. The highest BCUT2D eigenvalue weighted by molar-refractivity contribution is 5.94. The van der Waals surface area contributed by atoms with Gasteiger partial charge in [-0.05, 0) is 56.5 Å². The van der Waals surface area contributed by atoms with Crippen molar-refractivity contribution in [2.75, 3.05) is 0 Å². The van der Waals surface area contributed by atoms with Crippen LogP contribution in [-0.2, 0) is 4.79 Å².